The number of amides is 1. The van der Waals surface area contributed by atoms with Crippen LogP contribution >= 0.6 is 0 Å². The van der Waals surface area contributed by atoms with Crippen molar-refractivity contribution in [3.8, 4) is 5.88 Å². The van der Waals surface area contributed by atoms with Crippen molar-refractivity contribution < 1.29 is 17.9 Å². The number of aryl methyl sites for hydroxylation is 2. The van der Waals surface area contributed by atoms with E-state index >= 15 is 0 Å². The predicted molar refractivity (Wildman–Crippen MR) is 104 cm³/mol. The third-order valence-corrected chi connectivity index (χ3v) is 5.33. The Morgan fingerprint density at radius 1 is 1.18 bits per heavy atom. The smallest absolute Gasteiger partial charge is 0.291 e. The quantitative estimate of drug-likeness (QED) is 0.582. The molecule has 0 unspecified atom stereocenters. The molecule has 0 bridgehead atoms. The van der Waals surface area contributed by atoms with Crippen LogP contribution in [0.5, 0.6) is 5.88 Å². The van der Waals surface area contributed by atoms with E-state index in [-0.39, 0.29) is 22.3 Å². The first kappa shape index (κ1) is 19.4. The van der Waals surface area contributed by atoms with Gasteiger partial charge in [0.15, 0.2) is 10.7 Å². The zero-order valence-electron chi connectivity index (χ0n) is 15.5. The van der Waals surface area contributed by atoms with Crippen LogP contribution in [0.15, 0.2) is 47.8 Å². The van der Waals surface area contributed by atoms with Gasteiger partial charge in [-0.25, -0.2) is 18.4 Å². The number of rotatable bonds is 6. The first-order chi connectivity index (χ1) is 13.3. The van der Waals surface area contributed by atoms with Gasteiger partial charge >= 0.3 is 0 Å². The number of imidazole rings is 1. The second-order valence-electron chi connectivity index (χ2n) is 6.00. The van der Waals surface area contributed by atoms with Crippen molar-refractivity contribution in [1.82, 2.24) is 15.0 Å². The number of para-hydroxylation sites is 1. The first-order valence-corrected chi connectivity index (χ1v) is 9.74. The summed E-state index contributed by atoms with van der Waals surface area (Å²) in [5, 5.41) is 2.55. The zero-order valence-corrected chi connectivity index (χ0v) is 16.3. The highest BCUT2D eigenvalue weighted by Crippen LogP contribution is 2.29. The molecule has 3 N–H and O–H groups in total. The molecule has 2 aromatic heterocycles. The summed E-state index contributed by atoms with van der Waals surface area (Å²) in [6.45, 7) is 3.61. The standard InChI is InChI=1S/C18H19N5O4S/c1-11-5-4-6-12(2)15(11)23-28(25,26)14-9-13(10-21-18(14)27-3)22-17(24)16-19-7-8-20-16/h4-10,23H,1-3H3,(H,19,20)(H,22,24). The maximum Gasteiger partial charge on any atom is 0.291 e. The van der Waals surface area contributed by atoms with E-state index < -0.39 is 15.9 Å². The van der Waals surface area contributed by atoms with Crippen LogP contribution in [0, 0.1) is 13.8 Å². The summed E-state index contributed by atoms with van der Waals surface area (Å²) in [6.07, 6.45) is 4.24. The lowest BCUT2D eigenvalue weighted by atomic mass is 10.1. The van der Waals surface area contributed by atoms with Crippen LogP contribution in [0.1, 0.15) is 21.7 Å². The topological polar surface area (TPSA) is 126 Å². The fourth-order valence-electron chi connectivity index (χ4n) is 2.59. The van der Waals surface area contributed by atoms with Crippen molar-refractivity contribution in [2.45, 2.75) is 18.7 Å². The summed E-state index contributed by atoms with van der Waals surface area (Å²) in [6, 6.07) is 6.73. The third-order valence-electron chi connectivity index (χ3n) is 3.99. The first-order valence-electron chi connectivity index (χ1n) is 8.25. The van der Waals surface area contributed by atoms with Gasteiger partial charge in [0.25, 0.3) is 15.9 Å². The number of nitrogens with zero attached hydrogens (tertiary/aromatic N) is 2. The Labute approximate surface area is 162 Å². The SMILES string of the molecule is COc1ncc(NC(=O)c2ncc[nH]2)cc1S(=O)(=O)Nc1c(C)cccc1C. The lowest BCUT2D eigenvalue weighted by molar-refractivity contribution is 0.101. The molecule has 0 aliphatic carbocycles. The van der Waals surface area contributed by atoms with E-state index in [4.69, 9.17) is 4.74 Å². The molecule has 0 atom stereocenters. The number of nitrogens with one attached hydrogen (secondary N) is 3. The lowest BCUT2D eigenvalue weighted by Crippen LogP contribution is -2.18. The Bertz CT molecular complexity index is 1090. The van der Waals surface area contributed by atoms with Crippen LogP contribution in [0.25, 0.3) is 0 Å². The van der Waals surface area contributed by atoms with Gasteiger partial charge in [-0.1, -0.05) is 18.2 Å². The van der Waals surface area contributed by atoms with E-state index in [1.807, 2.05) is 6.07 Å². The van der Waals surface area contributed by atoms with Crippen LogP contribution in [0.3, 0.4) is 0 Å². The van der Waals surface area contributed by atoms with Crippen molar-refractivity contribution in [1.29, 1.82) is 0 Å². The number of ether oxygens (including phenoxy) is 1. The van der Waals surface area contributed by atoms with E-state index in [1.54, 1.807) is 26.0 Å². The van der Waals surface area contributed by atoms with Crippen LogP contribution in [0.4, 0.5) is 11.4 Å². The highest BCUT2D eigenvalue weighted by atomic mass is 32.2. The number of pyridine rings is 1. The molecular weight excluding hydrogens is 382 g/mol. The molecule has 0 saturated heterocycles. The maximum absolute atomic E-state index is 13.0. The highest BCUT2D eigenvalue weighted by Gasteiger charge is 2.23. The van der Waals surface area contributed by atoms with Crippen LogP contribution in [0.2, 0.25) is 0 Å². The summed E-state index contributed by atoms with van der Waals surface area (Å²) in [7, 11) is -2.70. The number of aromatic nitrogens is 3. The van der Waals surface area contributed by atoms with Crippen LogP contribution in [-0.2, 0) is 10.0 Å². The van der Waals surface area contributed by atoms with Crippen molar-refractivity contribution in [3.63, 3.8) is 0 Å². The maximum atomic E-state index is 13.0. The molecule has 0 aliphatic rings. The fraction of sp³-hybridized carbons (Fsp3) is 0.167. The molecule has 1 aromatic carbocycles. The summed E-state index contributed by atoms with van der Waals surface area (Å²) >= 11 is 0. The summed E-state index contributed by atoms with van der Waals surface area (Å²) < 4.78 is 33.7. The number of methoxy groups -OCH3 is 1. The molecule has 3 aromatic rings. The third kappa shape index (κ3) is 3.96. The number of anilines is 2. The highest BCUT2D eigenvalue weighted by molar-refractivity contribution is 7.92. The van der Waals surface area contributed by atoms with Crippen molar-refractivity contribution in [2.24, 2.45) is 0 Å². The average molecular weight is 401 g/mol. The van der Waals surface area contributed by atoms with E-state index in [9.17, 15) is 13.2 Å². The van der Waals surface area contributed by atoms with Gasteiger partial charge in [-0.15, -0.1) is 0 Å². The lowest BCUT2D eigenvalue weighted by Gasteiger charge is -2.15. The second-order valence-corrected chi connectivity index (χ2v) is 7.65. The molecule has 28 heavy (non-hydrogen) atoms. The van der Waals surface area contributed by atoms with Gasteiger partial charge in [0.2, 0.25) is 5.88 Å². The predicted octanol–water partition coefficient (Wildman–Crippen LogP) is 2.48. The van der Waals surface area contributed by atoms with Gasteiger partial charge in [0.1, 0.15) is 0 Å². The molecule has 0 aliphatic heterocycles. The number of carbonyl (C=O) groups is 1. The average Bonchev–Trinajstić information content (AvgIpc) is 3.20. The van der Waals surface area contributed by atoms with E-state index in [2.05, 4.69) is 25.0 Å². The number of benzene rings is 1. The molecule has 2 heterocycles. The Balaban J connectivity index is 1.96. The Morgan fingerprint density at radius 3 is 2.50 bits per heavy atom. The zero-order chi connectivity index (χ0) is 20.3. The molecular formula is C18H19N5O4S. The monoisotopic (exact) mass is 401 g/mol. The Hall–Kier alpha value is -3.40. The number of hydrogen-bond donors (Lipinski definition) is 3. The second kappa shape index (κ2) is 7.69. The van der Waals surface area contributed by atoms with E-state index in [1.165, 1.54) is 31.8 Å². The van der Waals surface area contributed by atoms with Crippen molar-refractivity contribution >= 4 is 27.3 Å². The van der Waals surface area contributed by atoms with Crippen LogP contribution in [-0.4, -0.2) is 36.4 Å². The minimum atomic E-state index is -4.03. The molecule has 9 nitrogen and oxygen atoms in total. The Morgan fingerprint density at radius 2 is 1.89 bits per heavy atom. The van der Waals surface area contributed by atoms with Gasteiger partial charge in [0, 0.05) is 12.4 Å². The fourth-order valence-corrected chi connectivity index (χ4v) is 3.94. The van der Waals surface area contributed by atoms with Crippen molar-refractivity contribution in [3.05, 3.63) is 59.8 Å². The number of carbonyl (C=O) groups excluding carboxylic acids is 1. The minimum Gasteiger partial charge on any atom is -0.480 e. The van der Waals surface area contributed by atoms with E-state index in [0.29, 0.717) is 5.69 Å². The molecule has 146 valence electrons. The molecule has 0 radical (unpaired) electrons. The molecule has 1 amide bonds. The summed E-state index contributed by atoms with van der Waals surface area (Å²) in [5.74, 6) is -0.522. The van der Waals surface area contributed by atoms with Gasteiger partial charge in [-0.3, -0.25) is 9.52 Å². The van der Waals surface area contributed by atoms with Crippen LogP contribution < -0.4 is 14.8 Å². The molecule has 3 rings (SSSR count). The van der Waals surface area contributed by atoms with Gasteiger partial charge in [0.05, 0.1) is 24.7 Å². The molecule has 0 saturated carbocycles. The van der Waals surface area contributed by atoms with Crippen molar-refractivity contribution in [2.75, 3.05) is 17.1 Å². The van der Waals surface area contributed by atoms with Gasteiger partial charge in [-0.2, -0.15) is 0 Å². The number of aromatic amines is 1. The number of hydrogen-bond acceptors (Lipinski definition) is 6. The van der Waals surface area contributed by atoms with Gasteiger partial charge < -0.3 is 15.0 Å². The van der Waals surface area contributed by atoms with E-state index in [0.717, 1.165) is 11.1 Å². The molecule has 0 spiro atoms. The summed E-state index contributed by atoms with van der Waals surface area (Å²) in [5.41, 5.74) is 2.22. The Kier molecular flexibility index (Phi) is 5.32. The molecule has 0 fully saturated rings. The van der Waals surface area contributed by atoms with Gasteiger partial charge in [-0.05, 0) is 31.0 Å². The normalized spacial score (nSPS) is 11.1. The summed E-state index contributed by atoms with van der Waals surface area (Å²) in [4.78, 5) is 22.5. The number of sulfonamides is 1. The number of H-pyrrole nitrogens is 1. The molecule has 10 heteroatoms. The minimum absolute atomic E-state index is 0.0882. The largest absolute Gasteiger partial charge is 0.480 e.